The van der Waals surface area contributed by atoms with E-state index in [1.54, 1.807) is 20.8 Å². The maximum Gasteiger partial charge on any atom is 0.517 e. The number of carboxylic acid groups (broad SMARTS) is 1. The Labute approximate surface area is 105 Å². The SMILES string of the molecule is CC(C)(C)OC(=O)OC(=O)N1CC[C@H](C(=O)O)C1. The quantitative estimate of drug-likeness (QED) is 0.566. The summed E-state index contributed by atoms with van der Waals surface area (Å²) in [6.45, 7) is 5.26. The Bertz CT molecular complexity index is 359. The second kappa shape index (κ2) is 5.24. The number of nitrogens with zero attached hydrogens (tertiary/aromatic N) is 1. The molecule has 0 radical (unpaired) electrons. The molecule has 0 bridgehead atoms. The van der Waals surface area contributed by atoms with Gasteiger partial charge in [-0.15, -0.1) is 0 Å². The van der Waals surface area contributed by atoms with E-state index >= 15 is 0 Å². The van der Waals surface area contributed by atoms with Gasteiger partial charge in [0, 0.05) is 13.1 Å². The van der Waals surface area contributed by atoms with Gasteiger partial charge in [-0.1, -0.05) is 0 Å². The van der Waals surface area contributed by atoms with Crippen LogP contribution >= 0.6 is 0 Å². The second-order valence-electron chi connectivity index (χ2n) is 5.10. The van der Waals surface area contributed by atoms with E-state index in [0.29, 0.717) is 6.42 Å². The zero-order valence-corrected chi connectivity index (χ0v) is 10.6. The molecule has 0 saturated carbocycles. The van der Waals surface area contributed by atoms with Gasteiger partial charge in [0.1, 0.15) is 5.60 Å². The lowest BCUT2D eigenvalue weighted by Gasteiger charge is -2.20. The molecule has 0 spiro atoms. The van der Waals surface area contributed by atoms with Crippen LogP contribution in [0, 0.1) is 5.92 Å². The Kier molecular flexibility index (Phi) is 4.15. The van der Waals surface area contributed by atoms with E-state index in [4.69, 9.17) is 9.84 Å². The van der Waals surface area contributed by atoms with Crippen molar-refractivity contribution in [1.82, 2.24) is 4.90 Å². The first kappa shape index (κ1) is 14.3. The molecule has 1 rings (SSSR count). The van der Waals surface area contributed by atoms with Gasteiger partial charge >= 0.3 is 18.2 Å². The summed E-state index contributed by atoms with van der Waals surface area (Å²) in [6, 6.07) is 0. The third-order valence-electron chi connectivity index (χ3n) is 2.36. The molecule has 7 heteroatoms. The van der Waals surface area contributed by atoms with Gasteiger partial charge in [-0.3, -0.25) is 4.79 Å². The van der Waals surface area contributed by atoms with Crippen molar-refractivity contribution in [3.05, 3.63) is 0 Å². The first-order chi connectivity index (χ1) is 8.19. The number of amides is 1. The minimum absolute atomic E-state index is 0.0525. The maximum absolute atomic E-state index is 11.5. The lowest BCUT2D eigenvalue weighted by molar-refractivity contribution is -0.141. The van der Waals surface area contributed by atoms with Gasteiger partial charge in [-0.2, -0.15) is 0 Å². The topological polar surface area (TPSA) is 93.1 Å². The molecule has 1 N–H and O–H groups in total. The highest BCUT2D eigenvalue weighted by Gasteiger charge is 2.33. The van der Waals surface area contributed by atoms with Crippen LogP contribution in [0.3, 0.4) is 0 Å². The van der Waals surface area contributed by atoms with Crippen LogP contribution in [0.2, 0.25) is 0 Å². The Hall–Kier alpha value is -1.79. The lowest BCUT2D eigenvalue weighted by Crippen LogP contribution is -2.34. The molecule has 1 aliphatic heterocycles. The number of carbonyl (C=O) groups excluding carboxylic acids is 2. The summed E-state index contributed by atoms with van der Waals surface area (Å²) in [5, 5.41) is 8.78. The fourth-order valence-electron chi connectivity index (χ4n) is 1.53. The normalized spacial score (nSPS) is 19.5. The van der Waals surface area contributed by atoms with E-state index in [2.05, 4.69) is 4.74 Å². The number of carbonyl (C=O) groups is 3. The molecule has 1 amide bonds. The van der Waals surface area contributed by atoms with Gasteiger partial charge in [0.05, 0.1) is 5.92 Å². The Morgan fingerprint density at radius 3 is 2.33 bits per heavy atom. The van der Waals surface area contributed by atoms with Crippen molar-refractivity contribution in [3.63, 3.8) is 0 Å². The fourth-order valence-corrected chi connectivity index (χ4v) is 1.53. The van der Waals surface area contributed by atoms with Crippen LogP contribution in [-0.2, 0) is 14.3 Å². The summed E-state index contributed by atoms with van der Waals surface area (Å²) in [5.74, 6) is -1.56. The van der Waals surface area contributed by atoms with Crippen LogP contribution in [0.15, 0.2) is 0 Å². The van der Waals surface area contributed by atoms with Gasteiger partial charge in [0.2, 0.25) is 0 Å². The van der Waals surface area contributed by atoms with E-state index in [0.717, 1.165) is 0 Å². The standard InChI is InChI=1S/C11H17NO6/c1-11(2,3)18-10(16)17-9(15)12-5-4-7(6-12)8(13)14/h7H,4-6H2,1-3H3,(H,13,14)/t7-/m0/s1. The lowest BCUT2D eigenvalue weighted by atomic mass is 10.1. The predicted octanol–water partition coefficient (Wildman–Crippen LogP) is 1.46. The van der Waals surface area contributed by atoms with Crippen molar-refractivity contribution in [1.29, 1.82) is 0 Å². The average molecular weight is 259 g/mol. The Balaban J connectivity index is 2.43. The maximum atomic E-state index is 11.5. The summed E-state index contributed by atoms with van der Waals surface area (Å²) in [6.07, 6.45) is -1.59. The van der Waals surface area contributed by atoms with Crippen LogP contribution < -0.4 is 0 Å². The smallest absolute Gasteiger partial charge is 0.481 e. The number of aliphatic carboxylic acids is 1. The van der Waals surface area contributed by atoms with Gasteiger partial charge in [-0.25, -0.2) is 9.59 Å². The molecule has 1 saturated heterocycles. The van der Waals surface area contributed by atoms with E-state index in [1.807, 2.05) is 0 Å². The number of likely N-dealkylation sites (tertiary alicyclic amines) is 1. The van der Waals surface area contributed by atoms with Gasteiger partial charge in [-0.05, 0) is 27.2 Å². The highest BCUT2D eigenvalue weighted by atomic mass is 16.8. The minimum Gasteiger partial charge on any atom is -0.481 e. The number of ether oxygens (including phenoxy) is 2. The number of hydrogen-bond acceptors (Lipinski definition) is 5. The molecule has 0 aromatic rings. The molecule has 18 heavy (non-hydrogen) atoms. The Morgan fingerprint density at radius 1 is 1.28 bits per heavy atom. The van der Waals surface area contributed by atoms with Crippen LogP contribution in [0.5, 0.6) is 0 Å². The van der Waals surface area contributed by atoms with Gasteiger partial charge in [0.25, 0.3) is 0 Å². The molecule has 1 atom stereocenters. The van der Waals surface area contributed by atoms with E-state index < -0.39 is 29.7 Å². The van der Waals surface area contributed by atoms with Gasteiger partial charge in [0.15, 0.2) is 0 Å². The average Bonchev–Trinajstić information content (AvgIpc) is 2.62. The summed E-state index contributed by atoms with van der Waals surface area (Å²) in [4.78, 5) is 34.6. The zero-order valence-electron chi connectivity index (χ0n) is 10.6. The predicted molar refractivity (Wildman–Crippen MR) is 60.0 cm³/mol. The highest BCUT2D eigenvalue weighted by molar-refractivity contribution is 5.82. The molecule has 102 valence electrons. The van der Waals surface area contributed by atoms with Crippen LogP contribution in [0.25, 0.3) is 0 Å². The zero-order chi connectivity index (χ0) is 13.9. The molecule has 0 unspecified atom stereocenters. The third-order valence-corrected chi connectivity index (χ3v) is 2.36. The largest absolute Gasteiger partial charge is 0.517 e. The van der Waals surface area contributed by atoms with Crippen LogP contribution in [0.1, 0.15) is 27.2 Å². The fraction of sp³-hybridized carbons (Fsp3) is 0.727. The van der Waals surface area contributed by atoms with Crippen molar-refractivity contribution in [2.75, 3.05) is 13.1 Å². The number of rotatable bonds is 1. The Morgan fingerprint density at radius 2 is 1.89 bits per heavy atom. The molecule has 1 fully saturated rings. The third kappa shape index (κ3) is 4.23. The van der Waals surface area contributed by atoms with E-state index in [-0.39, 0.29) is 13.1 Å². The first-order valence-electron chi connectivity index (χ1n) is 5.61. The molecule has 0 aliphatic carbocycles. The van der Waals surface area contributed by atoms with E-state index in [1.165, 1.54) is 4.90 Å². The van der Waals surface area contributed by atoms with Crippen molar-refractivity contribution >= 4 is 18.2 Å². The monoisotopic (exact) mass is 259 g/mol. The van der Waals surface area contributed by atoms with Gasteiger partial charge < -0.3 is 19.5 Å². The molecule has 0 aromatic heterocycles. The second-order valence-corrected chi connectivity index (χ2v) is 5.10. The number of hydrogen-bond donors (Lipinski definition) is 1. The summed E-state index contributed by atoms with van der Waals surface area (Å²) >= 11 is 0. The molecular formula is C11H17NO6. The van der Waals surface area contributed by atoms with E-state index in [9.17, 15) is 14.4 Å². The van der Waals surface area contributed by atoms with Crippen molar-refractivity contribution in [2.24, 2.45) is 5.92 Å². The number of carboxylic acids is 1. The molecular weight excluding hydrogens is 242 g/mol. The molecule has 1 heterocycles. The van der Waals surface area contributed by atoms with Crippen LogP contribution in [-0.4, -0.2) is 46.9 Å². The van der Waals surface area contributed by atoms with Crippen molar-refractivity contribution in [2.45, 2.75) is 32.8 Å². The first-order valence-corrected chi connectivity index (χ1v) is 5.61. The minimum atomic E-state index is -1.08. The summed E-state index contributed by atoms with van der Waals surface area (Å²) in [7, 11) is 0. The molecule has 7 nitrogen and oxygen atoms in total. The molecule has 0 aromatic carbocycles. The highest BCUT2D eigenvalue weighted by Crippen LogP contribution is 2.17. The van der Waals surface area contributed by atoms with Crippen molar-refractivity contribution in [3.8, 4) is 0 Å². The van der Waals surface area contributed by atoms with Crippen molar-refractivity contribution < 1.29 is 29.0 Å². The summed E-state index contributed by atoms with van der Waals surface area (Å²) in [5.41, 5.74) is -0.744. The van der Waals surface area contributed by atoms with Crippen LogP contribution in [0.4, 0.5) is 9.59 Å². The summed E-state index contributed by atoms with van der Waals surface area (Å²) < 4.78 is 9.29. The molecule has 1 aliphatic rings.